The molecule has 20 heavy (non-hydrogen) atoms. The van der Waals surface area contributed by atoms with Crippen LogP contribution in [0.25, 0.3) is 0 Å². The van der Waals surface area contributed by atoms with E-state index in [2.05, 4.69) is 0 Å². The van der Waals surface area contributed by atoms with Crippen molar-refractivity contribution >= 4 is 11.7 Å². The van der Waals surface area contributed by atoms with Gasteiger partial charge in [0, 0.05) is 25.1 Å². The van der Waals surface area contributed by atoms with Crippen molar-refractivity contribution in [2.45, 2.75) is 26.2 Å². The van der Waals surface area contributed by atoms with Crippen molar-refractivity contribution < 1.29 is 14.3 Å². The molecule has 1 aliphatic rings. The maximum atomic E-state index is 12.3. The molecule has 1 aromatic carbocycles. The van der Waals surface area contributed by atoms with Gasteiger partial charge in [0.25, 0.3) is 5.91 Å². The number of ketones is 1. The molecule has 1 aromatic rings. The number of methoxy groups -OCH3 is 1. The predicted molar refractivity (Wildman–Crippen MR) is 76.9 cm³/mol. The largest absolute Gasteiger partial charge is 0.497 e. The van der Waals surface area contributed by atoms with E-state index in [-0.39, 0.29) is 11.7 Å². The molecule has 0 radical (unpaired) electrons. The van der Waals surface area contributed by atoms with E-state index < -0.39 is 0 Å². The number of rotatable bonds is 4. The first-order valence-corrected chi connectivity index (χ1v) is 7.03. The lowest BCUT2D eigenvalue weighted by Gasteiger charge is -2.31. The van der Waals surface area contributed by atoms with E-state index in [0.717, 1.165) is 31.7 Å². The maximum absolute atomic E-state index is 12.3. The normalized spacial score (nSPS) is 16.0. The number of likely N-dealkylation sites (tertiary alicyclic amines) is 1. The minimum atomic E-state index is 0.0638. The van der Waals surface area contributed by atoms with Crippen LogP contribution in [0.5, 0.6) is 5.75 Å². The molecule has 0 aromatic heterocycles. The Hall–Kier alpha value is -1.84. The van der Waals surface area contributed by atoms with Gasteiger partial charge < -0.3 is 14.4 Å². The Balaban J connectivity index is 1.92. The average Bonchev–Trinajstić information content (AvgIpc) is 2.47. The van der Waals surface area contributed by atoms with Crippen molar-refractivity contribution in [1.82, 2.24) is 4.90 Å². The first-order valence-electron chi connectivity index (χ1n) is 7.03. The zero-order valence-electron chi connectivity index (χ0n) is 12.1. The summed E-state index contributed by atoms with van der Waals surface area (Å²) >= 11 is 0. The van der Waals surface area contributed by atoms with Gasteiger partial charge in [0.1, 0.15) is 11.5 Å². The maximum Gasteiger partial charge on any atom is 0.253 e. The highest BCUT2D eigenvalue weighted by Gasteiger charge is 2.24. The monoisotopic (exact) mass is 275 g/mol. The van der Waals surface area contributed by atoms with Gasteiger partial charge >= 0.3 is 0 Å². The van der Waals surface area contributed by atoms with Crippen LogP contribution in [0.3, 0.4) is 0 Å². The van der Waals surface area contributed by atoms with Crippen molar-refractivity contribution in [3.05, 3.63) is 29.8 Å². The predicted octanol–water partition coefficient (Wildman–Crippen LogP) is 2.53. The summed E-state index contributed by atoms with van der Waals surface area (Å²) in [6.07, 6.45) is 2.48. The Bertz CT molecular complexity index is 473. The SMILES string of the molecule is COc1ccc(C(=O)N2CCC(CC(C)=O)CC2)cc1. The van der Waals surface area contributed by atoms with E-state index in [4.69, 9.17) is 4.74 Å². The van der Waals surface area contributed by atoms with Crippen molar-refractivity contribution in [1.29, 1.82) is 0 Å². The third-order valence-electron chi connectivity index (χ3n) is 3.81. The van der Waals surface area contributed by atoms with Gasteiger partial charge in [-0.05, 0) is 49.9 Å². The average molecular weight is 275 g/mol. The Kier molecular flexibility index (Phi) is 4.77. The summed E-state index contributed by atoms with van der Waals surface area (Å²) in [4.78, 5) is 25.3. The van der Waals surface area contributed by atoms with E-state index in [1.165, 1.54) is 0 Å². The second kappa shape index (κ2) is 6.55. The molecule has 0 spiro atoms. The topological polar surface area (TPSA) is 46.6 Å². The number of Topliss-reactive ketones (excluding diaryl/α,β-unsaturated/α-hetero) is 1. The first kappa shape index (κ1) is 14.6. The molecule has 0 bridgehead atoms. The van der Waals surface area contributed by atoms with Crippen LogP contribution in [0.15, 0.2) is 24.3 Å². The molecule has 0 aliphatic carbocycles. The zero-order valence-corrected chi connectivity index (χ0v) is 12.1. The molecule has 1 amide bonds. The lowest BCUT2D eigenvalue weighted by atomic mass is 9.92. The summed E-state index contributed by atoms with van der Waals surface area (Å²) in [6.45, 7) is 3.11. The molecular formula is C16H21NO3. The molecule has 0 unspecified atom stereocenters. The molecule has 1 heterocycles. The Morgan fingerprint density at radius 1 is 1.20 bits per heavy atom. The van der Waals surface area contributed by atoms with Crippen LogP contribution in [0.4, 0.5) is 0 Å². The summed E-state index contributed by atoms with van der Waals surface area (Å²) in [5, 5.41) is 0. The molecule has 1 saturated heterocycles. The minimum Gasteiger partial charge on any atom is -0.497 e. The lowest BCUT2D eigenvalue weighted by Crippen LogP contribution is -2.38. The van der Waals surface area contributed by atoms with Crippen LogP contribution < -0.4 is 4.74 Å². The Labute approximate surface area is 119 Å². The number of carbonyl (C=O) groups is 2. The number of hydrogen-bond donors (Lipinski definition) is 0. The highest BCUT2D eigenvalue weighted by atomic mass is 16.5. The van der Waals surface area contributed by atoms with Crippen LogP contribution in [0, 0.1) is 5.92 Å². The molecule has 1 aliphatic heterocycles. The van der Waals surface area contributed by atoms with Crippen LogP contribution in [-0.2, 0) is 4.79 Å². The Morgan fingerprint density at radius 2 is 1.80 bits per heavy atom. The highest BCUT2D eigenvalue weighted by Crippen LogP contribution is 2.22. The number of nitrogens with zero attached hydrogens (tertiary/aromatic N) is 1. The van der Waals surface area contributed by atoms with Crippen LogP contribution in [-0.4, -0.2) is 36.8 Å². The third kappa shape index (κ3) is 3.59. The van der Waals surface area contributed by atoms with Gasteiger partial charge in [-0.2, -0.15) is 0 Å². The second-order valence-electron chi connectivity index (χ2n) is 5.37. The first-order chi connectivity index (χ1) is 9.60. The van der Waals surface area contributed by atoms with Crippen molar-refractivity contribution in [2.75, 3.05) is 20.2 Å². The lowest BCUT2D eigenvalue weighted by molar-refractivity contribution is -0.118. The van der Waals surface area contributed by atoms with E-state index in [1.807, 2.05) is 4.90 Å². The zero-order chi connectivity index (χ0) is 14.5. The third-order valence-corrected chi connectivity index (χ3v) is 3.81. The van der Waals surface area contributed by atoms with Crippen LogP contribution >= 0.6 is 0 Å². The highest BCUT2D eigenvalue weighted by molar-refractivity contribution is 5.94. The van der Waals surface area contributed by atoms with E-state index in [9.17, 15) is 9.59 Å². The van der Waals surface area contributed by atoms with Crippen molar-refractivity contribution in [3.63, 3.8) is 0 Å². The number of carbonyl (C=O) groups excluding carboxylic acids is 2. The molecule has 0 atom stereocenters. The number of ether oxygens (including phenoxy) is 1. The summed E-state index contributed by atoms with van der Waals surface area (Å²) in [6, 6.07) is 7.19. The minimum absolute atomic E-state index is 0.0638. The van der Waals surface area contributed by atoms with Gasteiger partial charge in [-0.3, -0.25) is 4.79 Å². The summed E-state index contributed by atoms with van der Waals surface area (Å²) in [7, 11) is 1.61. The summed E-state index contributed by atoms with van der Waals surface area (Å²) in [5.74, 6) is 1.49. The van der Waals surface area contributed by atoms with E-state index in [1.54, 1.807) is 38.3 Å². The molecular weight excluding hydrogens is 254 g/mol. The van der Waals surface area contributed by atoms with Gasteiger partial charge in [-0.15, -0.1) is 0 Å². The number of piperidine rings is 1. The van der Waals surface area contributed by atoms with Gasteiger partial charge in [0.15, 0.2) is 0 Å². The standard InChI is InChI=1S/C16H21NO3/c1-12(18)11-13-7-9-17(10-8-13)16(19)14-3-5-15(20-2)6-4-14/h3-6,13H,7-11H2,1-2H3. The number of amides is 1. The molecule has 0 saturated carbocycles. The fraction of sp³-hybridized carbons (Fsp3) is 0.500. The molecule has 4 heteroatoms. The number of hydrogen-bond acceptors (Lipinski definition) is 3. The van der Waals surface area contributed by atoms with Gasteiger partial charge in [0.2, 0.25) is 0 Å². The van der Waals surface area contributed by atoms with E-state index >= 15 is 0 Å². The second-order valence-corrected chi connectivity index (χ2v) is 5.37. The van der Waals surface area contributed by atoms with Crippen LogP contribution in [0.2, 0.25) is 0 Å². The van der Waals surface area contributed by atoms with E-state index in [0.29, 0.717) is 17.9 Å². The molecule has 0 N–H and O–H groups in total. The smallest absolute Gasteiger partial charge is 0.253 e. The van der Waals surface area contributed by atoms with Gasteiger partial charge in [0.05, 0.1) is 7.11 Å². The molecule has 2 rings (SSSR count). The molecule has 1 fully saturated rings. The summed E-state index contributed by atoms with van der Waals surface area (Å²) in [5.41, 5.74) is 0.691. The Morgan fingerprint density at radius 3 is 2.30 bits per heavy atom. The van der Waals surface area contributed by atoms with Gasteiger partial charge in [-0.1, -0.05) is 0 Å². The fourth-order valence-electron chi connectivity index (χ4n) is 2.66. The molecule has 4 nitrogen and oxygen atoms in total. The quantitative estimate of drug-likeness (QED) is 0.848. The fourth-order valence-corrected chi connectivity index (χ4v) is 2.66. The van der Waals surface area contributed by atoms with Crippen LogP contribution in [0.1, 0.15) is 36.5 Å². The molecule has 108 valence electrons. The van der Waals surface area contributed by atoms with Crippen molar-refractivity contribution in [3.8, 4) is 5.75 Å². The number of benzene rings is 1. The van der Waals surface area contributed by atoms with Gasteiger partial charge in [-0.25, -0.2) is 0 Å². The van der Waals surface area contributed by atoms with Crippen molar-refractivity contribution in [2.24, 2.45) is 5.92 Å². The summed E-state index contributed by atoms with van der Waals surface area (Å²) < 4.78 is 5.09.